The van der Waals surface area contributed by atoms with E-state index in [1.54, 1.807) is 0 Å². The molecule has 6 heteroatoms. The fourth-order valence-corrected chi connectivity index (χ4v) is 9.00. The fraction of sp³-hybridized carbons (Fsp3) is 0.312. The molecule has 5 aromatic carbocycles. The number of fused-ring (bicyclic) bond motifs is 2. The molecule has 0 amide bonds. The summed E-state index contributed by atoms with van der Waals surface area (Å²) in [5.74, 6) is 4.86. The van der Waals surface area contributed by atoms with Crippen LogP contribution in [0, 0.1) is 11.8 Å². The fourth-order valence-electron chi connectivity index (χ4n) is 9.00. The number of benzene rings is 5. The van der Waals surface area contributed by atoms with Gasteiger partial charge in [0.1, 0.15) is 0 Å². The Hall–Kier alpha value is -4.91. The highest BCUT2D eigenvalue weighted by molar-refractivity contribution is 6.62. The summed E-state index contributed by atoms with van der Waals surface area (Å²) in [7, 11) is -0.301. The Morgan fingerprint density at radius 2 is 0.778 bits per heavy atom. The molecular weight excluding hydrogens is 661 g/mol. The minimum Gasteiger partial charge on any atom is -0.399 e. The topological polar surface area (TPSA) is 57.1 Å². The van der Waals surface area contributed by atoms with Gasteiger partial charge in [-0.3, -0.25) is 0 Å². The van der Waals surface area contributed by atoms with Crippen LogP contribution in [0.15, 0.2) is 133 Å². The van der Waals surface area contributed by atoms with Gasteiger partial charge in [-0.25, -0.2) is 15.0 Å². The average Bonchev–Trinajstić information content (AvgIpc) is 3.43. The number of rotatable bonds is 7. The molecule has 3 aliphatic rings. The lowest BCUT2D eigenvalue weighted by Crippen LogP contribution is -2.41. The van der Waals surface area contributed by atoms with Crippen molar-refractivity contribution in [3.63, 3.8) is 0 Å². The van der Waals surface area contributed by atoms with Gasteiger partial charge in [-0.05, 0) is 111 Å². The SMILES string of the molecule is CC1(C)OB(c2ccc(C3CC4CC(C3)CC(c3ccc(-c5ccc(-c6nc(-c7ccccc7)nc(-c7ccccc7)n6)cc5)cc3)C4)cc2)OC1(C)C. The first-order chi connectivity index (χ1) is 26.2. The first-order valence-corrected chi connectivity index (χ1v) is 19.7. The Morgan fingerprint density at radius 1 is 0.426 bits per heavy atom. The first kappa shape index (κ1) is 34.8. The molecule has 2 aliphatic carbocycles. The van der Waals surface area contributed by atoms with Gasteiger partial charge in [0.25, 0.3) is 0 Å². The third-order valence-electron chi connectivity index (χ3n) is 12.6. The molecule has 270 valence electrons. The van der Waals surface area contributed by atoms with Crippen LogP contribution in [-0.4, -0.2) is 33.3 Å². The lowest BCUT2D eigenvalue weighted by molar-refractivity contribution is 0.00578. The number of hydrogen-bond donors (Lipinski definition) is 0. The van der Waals surface area contributed by atoms with Gasteiger partial charge in [0.2, 0.25) is 0 Å². The number of nitrogens with zero attached hydrogens (tertiary/aromatic N) is 3. The number of hydrogen-bond acceptors (Lipinski definition) is 5. The summed E-state index contributed by atoms with van der Waals surface area (Å²) in [5, 5.41) is 0. The van der Waals surface area contributed by atoms with Gasteiger partial charge in [0.05, 0.1) is 11.2 Å². The van der Waals surface area contributed by atoms with Crippen LogP contribution in [0.2, 0.25) is 0 Å². The number of aromatic nitrogens is 3. The van der Waals surface area contributed by atoms with Crippen molar-refractivity contribution < 1.29 is 9.31 Å². The molecule has 2 heterocycles. The molecule has 5 nitrogen and oxygen atoms in total. The van der Waals surface area contributed by atoms with E-state index >= 15 is 0 Å². The Labute approximate surface area is 320 Å². The molecule has 1 aliphatic heterocycles. The normalized spacial score (nSPS) is 22.9. The van der Waals surface area contributed by atoms with Crippen molar-refractivity contribution in [1.82, 2.24) is 15.0 Å². The van der Waals surface area contributed by atoms with Crippen LogP contribution >= 0.6 is 0 Å². The predicted octanol–water partition coefficient (Wildman–Crippen LogP) is 10.9. The van der Waals surface area contributed by atoms with Gasteiger partial charge in [0, 0.05) is 16.7 Å². The monoisotopic (exact) mass is 709 g/mol. The maximum Gasteiger partial charge on any atom is 0.494 e. The van der Waals surface area contributed by atoms with E-state index in [1.807, 2.05) is 60.7 Å². The van der Waals surface area contributed by atoms with Crippen molar-refractivity contribution in [3.8, 4) is 45.3 Å². The van der Waals surface area contributed by atoms with Gasteiger partial charge < -0.3 is 9.31 Å². The van der Waals surface area contributed by atoms with Gasteiger partial charge in [0.15, 0.2) is 17.5 Å². The Kier molecular flexibility index (Phi) is 9.07. The molecule has 2 unspecified atom stereocenters. The van der Waals surface area contributed by atoms with E-state index in [0.29, 0.717) is 29.3 Å². The minimum atomic E-state index is -0.321. The lowest BCUT2D eigenvalue weighted by Gasteiger charge is -2.43. The highest BCUT2D eigenvalue weighted by Crippen LogP contribution is 2.51. The molecule has 2 saturated carbocycles. The second-order valence-electron chi connectivity index (χ2n) is 16.8. The minimum absolute atomic E-state index is 0.301. The average molecular weight is 710 g/mol. The van der Waals surface area contributed by atoms with E-state index in [-0.39, 0.29) is 18.3 Å². The van der Waals surface area contributed by atoms with Crippen LogP contribution in [0.5, 0.6) is 0 Å². The zero-order chi connectivity index (χ0) is 36.9. The summed E-state index contributed by atoms with van der Waals surface area (Å²) in [6.45, 7) is 8.47. The highest BCUT2D eigenvalue weighted by atomic mass is 16.7. The van der Waals surface area contributed by atoms with Crippen LogP contribution in [0.1, 0.15) is 82.8 Å². The quantitative estimate of drug-likeness (QED) is 0.155. The molecule has 9 rings (SSSR count). The van der Waals surface area contributed by atoms with E-state index in [9.17, 15) is 0 Å². The van der Waals surface area contributed by atoms with Crippen molar-refractivity contribution in [2.75, 3.05) is 0 Å². The van der Waals surface area contributed by atoms with Crippen LogP contribution in [-0.2, 0) is 9.31 Å². The summed E-state index contributed by atoms with van der Waals surface area (Å²) in [4.78, 5) is 14.7. The Balaban J connectivity index is 0.864. The van der Waals surface area contributed by atoms with Crippen molar-refractivity contribution in [2.24, 2.45) is 11.8 Å². The molecule has 54 heavy (non-hydrogen) atoms. The van der Waals surface area contributed by atoms with Crippen molar-refractivity contribution in [1.29, 1.82) is 0 Å². The smallest absolute Gasteiger partial charge is 0.399 e. The first-order valence-electron chi connectivity index (χ1n) is 19.7. The van der Waals surface area contributed by atoms with E-state index in [0.717, 1.165) is 34.0 Å². The largest absolute Gasteiger partial charge is 0.494 e. The van der Waals surface area contributed by atoms with Crippen LogP contribution in [0.4, 0.5) is 0 Å². The van der Waals surface area contributed by atoms with Crippen molar-refractivity contribution >= 4 is 12.6 Å². The van der Waals surface area contributed by atoms with Crippen molar-refractivity contribution in [2.45, 2.75) is 82.8 Å². The van der Waals surface area contributed by atoms with Gasteiger partial charge in [-0.15, -0.1) is 0 Å². The molecular formula is C48H48BN3O2. The lowest BCUT2D eigenvalue weighted by atomic mass is 9.62. The maximum absolute atomic E-state index is 6.31. The summed E-state index contributed by atoms with van der Waals surface area (Å²) in [6, 6.07) is 47.4. The molecule has 0 N–H and O–H groups in total. The maximum atomic E-state index is 6.31. The predicted molar refractivity (Wildman–Crippen MR) is 219 cm³/mol. The highest BCUT2D eigenvalue weighted by Gasteiger charge is 2.51. The second kappa shape index (κ2) is 14.1. The van der Waals surface area contributed by atoms with Crippen molar-refractivity contribution in [3.05, 3.63) is 145 Å². The van der Waals surface area contributed by atoms with Gasteiger partial charge in [-0.2, -0.15) is 0 Å². The zero-order valence-electron chi connectivity index (χ0n) is 31.8. The van der Waals surface area contributed by atoms with Crippen LogP contribution in [0.3, 0.4) is 0 Å². The molecule has 1 saturated heterocycles. The van der Waals surface area contributed by atoms with E-state index in [1.165, 1.54) is 54.4 Å². The Morgan fingerprint density at radius 3 is 1.20 bits per heavy atom. The third kappa shape index (κ3) is 6.94. The Bertz CT molecular complexity index is 2130. The molecule has 2 bridgehead atoms. The summed E-state index contributed by atoms with van der Waals surface area (Å²) < 4.78 is 12.6. The van der Waals surface area contributed by atoms with Gasteiger partial charge in [-0.1, -0.05) is 133 Å². The summed E-state index contributed by atoms with van der Waals surface area (Å²) in [5.41, 5.74) is 8.78. The second-order valence-corrected chi connectivity index (χ2v) is 16.8. The third-order valence-corrected chi connectivity index (χ3v) is 12.6. The molecule has 3 fully saturated rings. The summed E-state index contributed by atoms with van der Waals surface area (Å²) >= 11 is 0. The van der Waals surface area contributed by atoms with E-state index in [4.69, 9.17) is 24.3 Å². The summed E-state index contributed by atoms with van der Waals surface area (Å²) in [6.07, 6.45) is 6.52. The van der Waals surface area contributed by atoms with E-state index < -0.39 is 0 Å². The molecule has 0 spiro atoms. The standard InChI is InChI=1S/C48H48BN3O2/c1-47(2)48(3,4)54-49(53-47)43-25-23-37(24-26-43)42-30-32-27-33(31-42)29-41(28-32)36-17-15-34(16-18-36)35-19-21-40(22-20-35)46-51-44(38-11-7-5-8-12-38)50-45(52-46)39-13-9-6-10-14-39/h5-26,32-33,41-42H,27-31H2,1-4H3. The zero-order valence-corrected chi connectivity index (χ0v) is 31.8. The van der Waals surface area contributed by atoms with Gasteiger partial charge >= 0.3 is 7.12 Å². The molecule has 1 aromatic heterocycles. The van der Waals surface area contributed by atoms with E-state index in [2.05, 4.69) is 100 Å². The van der Waals surface area contributed by atoms with Crippen LogP contribution < -0.4 is 5.46 Å². The van der Waals surface area contributed by atoms with Crippen LogP contribution in [0.25, 0.3) is 45.3 Å². The molecule has 2 atom stereocenters. The molecule has 0 radical (unpaired) electrons. The molecule has 6 aromatic rings.